The second-order valence-corrected chi connectivity index (χ2v) is 5.55. The quantitative estimate of drug-likeness (QED) is 0.914. The third-order valence-electron chi connectivity index (χ3n) is 4.16. The summed E-state index contributed by atoms with van der Waals surface area (Å²) in [6.45, 7) is 4.46. The van der Waals surface area contributed by atoms with E-state index < -0.39 is 0 Å². The van der Waals surface area contributed by atoms with E-state index in [9.17, 15) is 4.79 Å². The highest BCUT2D eigenvalue weighted by Crippen LogP contribution is 2.37. The van der Waals surface area contributed by atoms with Crippen molar-refractivity contribution in [3.63, 3.8) is 0 Å². The first-order valence-corrected chi connectivity index (χ1v) is 7.57. The maximum atomic E-state index is 12.6. The third-order valence-corrected chi connectivity index (χ3v) is 4.16. The van der Waals surface area contributed by atoms with Gasteiger partial charge in [-0.2, -0.15) is 0 Å². The maximum Gasteiger partial charge on any atom is 0.240 e. The van der Waals surface area contributed by atoms with Gasteiger partial charge in [-0.1, -0.05) is 25.1 Å². The predicted octanol–water partition coefficient (Wildman–Crippen LogP) is 2.11. The lowest BCUT2D eigenvalue weighted by Crippen LogP contribution is -2.52. The highest BCUT2D eigenvalue weighted by molar-refractivity contribution is 5.83. The summed E-state index contributed by atoms with van der Waals surface area (Å²) < 4.78 is 5.71. The molecule has 1 aromatic carbocycles. The van der Waals surface area contributed by atoms with Crippen molar-refractivity contribution in [2.75, 3.05) is 19.7 Å². The van der Waals surface area contributed by atoms with Gasteiger partial charge < -0.3 is 15.0 Å². The van der Waals surface area contributed by atoms with Gasteiger partial charge >= 0.3 is 0 Å². The molecule has 1 saturated heterocycles. The monoisotopic (exact) mass is 274 g/mol. The highest BCUT2D eigenvalue weighted by atomic mass is 16.5. The summed E-state index contributed by atoms with van der Waals surface area (Å²) in [5.74, 6) is 1.16. The van der Waals surface area contributed by atoms with Crippen LogP contribution in [0, 0.1) is 0 Å². The van der Waals surface area contributed by atoms with Crippen molar-refractivity contribution in [2.24, 2.45) is 0 Å². The average Bonchev–Trinajstić information content (AvgIpc) is 2.90. The molecule has 0 bridgehead atoms. The van der Waals surface area contributed by atoms with Crippen LogP contribution in [0.5, 0.6) is 5.75 Å². The minimum Gasteiger partial charge on any atom is -0.491 e. The number of piperidine rings is 1. The lowest BCUT2D eigenvalue weighted by molar-refractivity contribution is -0.139. The molecule has 4 nitrogen and oxygen atoms in total. The van der Waals surface area contributed by atoms with Crippen LogP contribution in [0.2, 0.25) is 0 Å². The van der Waals surface area contributed by atoms with Gasteiger partial charge in [-0.15, -0.1) is 0 Å². The van der Waals surface area contributed by atoms with Crippen LogP contribution in [-0.4, -0.2) is 36.5 Å². The summed E-state index contributed by atoms with van der Waals surface area (Å²) >= 11 is 0. The Bertz CT molecular complexity index is 489. The van der Waals surface area contributed by atoms with Crippen molar-refractivity contribution in [3.05, 3.63) is 29.8 Å². The number of nitrogens with zero attached hydrogens (tertiary/aromatic N) is 1. The molecule has 0 spiro atoms. The maximum absolute atomic E-state index is 12.6. The zero-order valence-electron chi connectivity index (χ0n) is 12.0. The second kappa shape index (κ2) is 5.83. The number of para-hydroxylation sites is 1. The molecule has 1 aromatic rings. The lowest BCUT2D eigenvalue weighted by atomic mass is 9.99. The number of amides is 1. The van der Waals surface area contributed by atoms with Crippen LogP contribution in [0.15, 0.2) is 24.3 Å². The summed E-state index contributed by atoms with van der Waals surface area (Å²) in [5, 5.41) is 3.37. The molecule has 0 radical (unpaired) electrons. The van der Waals surface area contributed by atoms with Crippen molar-refractivity contribution in [1.29, 1.82) is 0 Å². The van der Waals surface area contributed by atoms with E-state index in [0.29, 0.717) is 6.61 Å². The molecular formula is C16H22N2O2. The fourth-order valence-electron chi connectivity index (χ4n) is 3.12. The smallest absolute Gasteiger partial charge is 0.240 e. The molecule has 2 unspecified atom stereocenters. The zero-order valence-corrected chi connectivity index (χ0v) is 12.0. The Labute approximate surface area is 120 Å². The molecule has 2 heterocycles. The molecule has 1 amide bonds. The fraction of sp³-hybridized carbons (Fsp3) is 0.562. The SMILES string of the molecule is CCCNC1CCCN(C2COc3ccccc32)C1=O. The van der Waals surface area contributed by atoms with Gasteiger partial charge in [0.25, 0.3) is 0 Å². The Morgan fingerprint density at radius 1 is 1.40 bits per heavy atom. The van der Waals surface area contributed by atoms with Gasteiger partial charge in [-0.25, -0.2) is 0 Å². The molecule has 4 heteroatoms. The highest BCUT2D eigenvalue weighted by Gasteiger charge is 2.37. The number of benzene rings is 1. The largest absolute Gasteiger partial charge is 0.491 e. The molecule has 0 saturated carbocycles. The van der Waals surface area contributed by atoms with Crippen molar-refractivity contribution >= 4 is 5.91 Å². The van der Waals surface area contributed by atoms with Crippen LogP contribution < -0.4 is 10.1 Å². The summed E-state index contributed by atoms with van der Waals surface area (Å²) in [5.41, 5.74) is 1.15. The van der Waals surface area contributed by atoms with Crippen LogP contribution >= 0.6 is 0 Å². The molecule has 2 atom stereocenters. The molecular weight excluding hydrogens is 252 g/mol. The Morgan fingerprint density at radius 3 is 3.10 bits per heavy atom. The number of carbonyl (C=O) groups is 1. The Hall–Kier alpha value is -1.55. The zero-order chi connectivity index (χ0) is 13.9. The van der Waals surface area contributed by atoms with E-state index in [1.807, 2.05) is 23.1 Å². The summed E-state index contributed by atoms with van der Waals surface area (Å²) in [6.07, 6.45) is 3.06. The van der Waals surface area contributed by atoms with Crippen LogP contribution in [-0.2, 0) is 4.79 Å². The third kappa shape index (κ3) is 2.40. The topological polar surface area (TPSA) is 41.6 Å². The normalized spacial score (nSPS) is 25.4. The number of rotatable bonds is 4. The average molecular weight is 274 g/mol. The molecule has 108 valence electrons. The summed E-state index contributed by atoms with van der Waals surface area (Å²) in [4.78, 5) is 14.6. The number of hydrogen-bond acceptors (Lipinski definition) is 3. The van der Waals surface area contributed by atoms with Gasteiger partial charge in [-0.05, 0) is 31.9 Å². The number of likely N-dealkylation sites (tertiary alicyclic amines) is 1. The minimum absolute atomic E-state index is 0.0172. The Balaban J connectivity index is 1.75. The van der Waals surface area contributed by atoms with Crippen LogP contribution in [0.1, 0.15) is 37.8 Å². The number of fused-ring (bicyclic) bond motifs is 1. The molecule has 2 aliphatic heterocycles. The Kier molecular flexibility index (Phi) is 3.92. The number of hydrogen-bond donors (Lipinski definition) is 1. The molecule has 20 heavy (non-hydrogen) atoms. The van der Waals surface area contributed by atoms with Gasteiger partial charge in [0.05, 0.1) is 12.1 Å². The van der Waals surface area contributed by atoms with Crippen LogP contribution in [0.4, 0.5) is 0 Å². The standard InChI is InChI=1S/C16H22N2O2/c1-2-9-17-13-7-5-10-18(16(13)19)14-11-20-15-8-4-3-6-12(14)15/h3-4,6,8,13-14,17H,2,5,7,9-11H2,1H3. The van der Waals surface area contributed by atoms with E-state index in [-0.39, 0.29) is 18.0 Å². The van der Waals surface area contributed by atoms with E-state index in [1.165, 1.54) is 0 Å². The second-order valence-electron chi connectivity index (χ2n) is 5.55. The van der Waals surface area contributed by atoms with E-state index in [1.54, 1.807) is 0 Å². The van der Waals surface area contributed by atoms with Gasteiger partial charge in [0.2, 0.25) is 5.91 Å². The van der Waals surface area contributed by atoms with Gasteiger partial charge in [0, 0.05) is 12.1 Å². The van der Waals surface area contributed by atoms with Crippen molar-refractivity contribution < 1.29 is 9.53 Å². The number of carbonyl (C=O) groups excluding carboxylic acids is 1. The molecule has 1 N–H and O–H groups in total. The summed E-state index contributed by atoms with van der Waals surface area (Å²) in [6, 6.07) is 8.12. The van der Waals surface area contributed by atoms with Gasteiger partial charge in [0.1, 0.15) is 12.4 Å². The van der Waals surface area contributed by atoms with Crippen molar-refractivity contribution in [2.45, 2.75) is 38.3 Å². The molecule has 3 rings (SSSR count). The fourth-order valence-corrected chi connectivity index (χ4v) is 3.12. The molecule has 0 aliphatic carbocycles. The molecule has 0 aromatic heterocycles. The van der Waals surface area contributed by atoms with Gasteiger partial charge in [0.15, 0.2) is 0 Å². The first-order valence-electron chi connectivity index (χ1n) is 7.57. The number of nitrogens with one attached hydrogen (secondary N) is 1. The van der Waals surface area contributed by atoms with Crippen LogP contribution in [0.3, 0.4) is 0 Å². The lowest BCUT2D eigenvalue weighted by Gasteiger charge is -2.36. The first kappa shape index (κ1) is 13.4. The van der Waals surface area contributed by atoms with Crippen molar-refractivity contribution in [1.82, 2.24) is 10.2 Å². The van der Waals surface area contributed by atoms with E-state index >= 15 is 0 Å². The molecule has 1 fully saturated rings. The predicted molar refractivity (Wildman–Crippen MR) is 77.7 cm³/mol. The van der Waals surface area contributed by atoms with Crippen molar-refractivity contribution in [3.8, 4) is 5.75 Å². The molecule has 2 aliphatic rings. The van der Waals surface area contributed by atoms with E-state index in [2.05, 4.69) is 18.3 Å². The van der Waals surface area contributed by atoms with E-state index in [0.717, 1.165) is 43.7 Å². The Morgan fingerprint density at radius 2 is 2.25 bits per heavy atom. The van der Waals surface area contributed by atoms with E-state index in [4.69, 9.17) is 4.74 Å². The van der Waals surface area contributed by atoms with Gasteiger partial charge in [-0.3, -0.25) is 4.79 Å². The first-order chi connectivity index (χ1) is 9.81. The minimum atomic E-state index is -0.0172. The summed E-state index contributed by atoms with van der Waals surface area (Å²) in [7, 11) is 0. The number of ether oxygens (including phenoxy) is 1. The van der Waals surface area contributed by atoms with Crippen LogP contribution in [0.25, 0.3) is 0 Å².